The lowest BCUT2D eigenvalue weighted by Crippen LogP contribution is -2.40. The fourth-order valence-corrected chi connectivity index (χ4v) is 2.82. The molecule has 0 aliphatic rings. The van der Waals surface area contributed by atoms with Crippen LogP contribution in [0, 0.1) is 13.8 Å². The number of aliphatic imine (C=N–C) groups is 1. The standard InChI is InChI=1S/C17H24N4OS/c1-13-6-5-7-16(10-13)22-9-8-19-17(18-3)21(4)11-15-12-23-14(2)20-15/h5-7,10,12H,8-9,11H2,1-4H3,(H,18,19). The van der Waals surface area contributed by atoms with Gasteiger partial charge in [-0.2, -0.15) is 0 Å². The Labute approximate surface area is 142 Å². The predicted molar refractivity (Wildman–Crippen MR) is 96.4 cm³/mol. The second-order valence-electron chi connectivity index (χ2n) is 5.35. The molecule has 0 bridgehead atoms. The van der Waals surface area contributed by atoms with Crippen molar-refractivity contribution in [3.05, 3.63) is 45.9 Å². The molecule has 5 nitrogen and oxygen atoms in total. The summed E-state index contributed by atoms with van der Waals surface area (Å²) in [7, 11) is 3.79. The molecule has 1 aromatic heterocycles. The third kappa shape index (κ3) is 5.56. The summed E-state index contributed by atoms with van der Waals surface area (Å²) in [5.74, 6) is 1.73. The van der Waals surface area contributed by atoms with Gasteiger partial charge in [-0.3, -0.25) is 4.99 Å². The van der Waals surface area contributed by atoms with Crippen LogP contribution in [0.1, 0.15) is 16.3 Å². The van der Waals surface area contributed by atoms with Crippen molar-refractivity contribution in [1.82, 2.24) is 15.2 Å². The second-order valence-corrected chi connectivity index (χ2v) is 6.42. The highest BCUT2D eigenvalue weighted by Crippen LogP contribution is 2.12. The Balaban J connectivity index is 1.76. The van der Waals surface area contributed by atoms with E-state index < -0.39 is 0 Å². The van der Waals surface area contributed by atoms with E-state index in [0.717, 1.165) is 29.0 Å². The van der Waals surface area contributed by atoms with E-state index in [4.69, 9.17) is 4.74 Å². The van der Waals surface area contributed by atoms with Gasteiger partial charge in [0.25, 0.3) is 0 Å². The van der Waals surface area contributed by atoms with E-state index in [2.05, 4.69) is 38.6 Å². The van der Waals surface area contributed by atoms with Crippen molar-refractivity contribution >= 4 is 17.3 Å². The largest absolute Gasteiger partial charge is 0.492 e. The lowest BCUT2D eigenvalue weighted by molar-refractivity contribution is 0.319. The number of nitrogens with one attached hydrogen (secondary N) is 1. The van der Waals surface area contributed by atoms with Crippen molar-refractivity contribution in [1.29, 1.82) is 0 Å². The molecule has 1 heterocycles. The Morgan fingerprint density at radius 3 is 2.87 bits per heavy atom. The number of hydrogen-bond acceptors (Lipinski definition) is 4. The quantitative estimate of drug-likeness (QED) is 0.502. The highest BCUT2D eigenvalue weighted by Gasteiger charge is 2.08. The zero-order valence-corrected chi connectivity index (χ0v) is 15.0. The van der Waals surface area contributed by atoms with Crippen LogP contribution < -0.4 is 10.1 Å². The van der Waals surface area contributed by atoms with Crippen LogP contribution in [0.15, 0.2) is 34.6 Å². The Morgan fingerprint density at radius 2 is 2.22 bits per heavy atom. The normalized spacial score (nSPS) is 11.4. The molecule has 0 aliphatic carbocycles. The van der Waals surface area contributed by atoms with Gasteiger partial charge in [0.1, 0.15) is 12.4 Å². The first-order valence-electron chi connectivity index (χ1n) is 7.60. The van der Waals surface area contributed by atoms with Crippen molar-refractivity contribution in [3.8, 4) is 5.75 Å². The Bertz CT molecular complexity index is 654. The first-order valence-corrected chi connectivity index (χ1v) is 8.48. The van der Waals surface area contributed by atoms with E-state index in [-0.39, 0.29) is 0 Å². The molecule has 0 radical (unpaired) electrons. The van der Waals surface area contributed by atoms with Crippen LogP contribution >= 0.6 is 11.3 Å². The topological polar surface area (TPSA) is 49.8 Å². The molecule has 23 heavy (non-hydrogen) atoms. The molecule has 2 rings (SSSR count). The van der Waals surface area contributed by atoms with Gasteiger partial charge in [-0.25, -0.2) is 4.98 Å². The van der Waals surface area contributed by atoms with Gasteiger partial charge in [0.05, 0.1) is 23.8 Å². The molecule has 1 N–H and O–H groups in total. The zero-order chi connectivity index (χ0) is 16.7. The van der Waals surface area contributed by atoms with Crippen LogP contribution in [0.2, 0.25) is 0 Å². The fourth-order valence-electron chi connectivity index (χ4n) is 2.22. The van der Waals surface area contributed by atoms with Crippen LogP contribution in [-0.2, 0) is 6.54 Å². The number of aryl methyl sites for hydroxylation is 2. The van der Waals surface area contributed by atoms with Crippen molar-refractivity contribution in [3.63, 3.8) is 0 Å². The Kier molecular flexibility index (Phi) is 6.40. The van der Waals surface area contributed by atoms with E-state index in [1.165, 1.54) is 5.56 Å². The smallest absolute Gasteiger partial charge is 0.193 e. The minimum atomic E-state index is 0.589. The van der Waals surface area contributed by atoms with E-state index in [1.807, 2.05) is 32.2 Å². The van der Waals surface area contributed by atoms with Gasteiger partial charge in [-0.15, -0.1) is 11.3 Å². The van der Waals surface area contributed by atoms with E-state index >= 15 is 0 Å². The summed E-state index contributed by atoms with van der Waals surface area (Å²) in [5.41, 5.74) is 2.26. The summed E-state index contributed by atoms with van der Waals surface area (Å²) >= 11 is 1.67. The van der Waals surface area contributed by atoms with Gasteiger partial charge in [0.2, 0.25) is 0 Å². The van der Waals surface area contributed by atoms with Gasteiger partial charge in [0, 0.05) is 19.5 Å². The zero-order valence-electron chi connectivity index (χ0n) is 14.2. The molecule has 124 valence electrons. The average Bonchev–Trinajstić information content (AvgIpc) is 2.92. The summed E-state index contributed by atoms with van der Waals surface area (Å²) in [5, 5.41) is 6.48. The van der Waals surface area contributed by atoms with Crippen molar-refractivity contribution < 1.29 is 4.74 Å². The van der Waals surface area contributed by atoms with Crippen molar-refractivity contribution in [2.45, 2.75) is 20.4 Å². The van der Waals surface area contributed by atoms with Gasteiger partial charge in [-0.1, -0.05) is 12.1 Å². The molecule has 0 atom stereocenters. The number of thiazole rings is 1. The van der Waals surface area contributed by atoms with Crippen LogP contribution in [0.5, 0.6) is 5.75 Å². The summed E-state index contributed by atoms with van der Waals surface area (Å²) < 4.78 is 5.74. The van der Waals surface area contributed by atoms with Gasteiger partial charge in [-0.05, 0) is 31.5 Å². The molecular formula is C17H24N4OS. The second kappa shape index (κ2) is 8.53. The first kappa shape index (κ1) is 17.3. The molecule has 6 heteroatoms. The lowest BCUT2D eigenvalue weighted by Gasteiger charge is -2.21. The Hall–Kier alpha value is -2.08. The van der Waals surface area contributed by atoms with Gasteiger partial charge < -0.3 is 15.0 Å². The summed E-state index contributed by atoms with van der Waals surface area (Å²) in [6.07, 6.45) is 0. The number of hydrogen-bond donors (Lipinski definition) is 1. The van der Waals surface area contributed by atoms with Gasteiger partial charge in [0.15, 0.2) is 5.96 Å². The van der Waals surface area contributed by atoms with Crippen LogP contribution in [0.4, 0.5) is 0 Å². The molecule has 0 fully saturated rings. The summed E-state index contributed by atoms with van der Waals surface area (Å²) in [4.78, 5) is 10.8. The van der Waals surface area contributed by atoms with E-state index in [0.29, 0.717) is 13.2 Å². The van der Waals surface area contributed by atoms with E-state index in [9.17, 15) is 0 Å². The minimum Gasteiger partial charge on any atom is -0.492 e. The third-order valence-corrected chi connectivity index (χ3v) is 4.10. The minimum absolute atomic E-state index is 0.589. The number of benzene rings is 1. The van der Waals surface area contributed by atoms with Crippen LogP contribution in [-0.4, -0.2) is 43.1 Å². The monoisotopic (exact) mass is 332 g/mol. The van der Waals surface area contributed by atoms with Gasteiger partial charge >= 0.3 is 0 Å². The van der Waals surface area contributed by atoms with Crippen LogP contribution in [0.25, 0.3) is 0 Å². The predicted octanol–water partition coefficient (Wildman–Crippen LogP) is 2.85. The molecular weight excluding hydrogens is 308 g/mol. The number of aromatic nitrogens is 1. The molecule has 2 aromatic rings. The first-order chi connectivity index (χ1) is 11.1. The molecule has 0 amide bonds. The maximum atomic E-state index is 5.74. The third-order valence-electron chi connectivity index (χ3n) is 3.28. The highest BCUT2D eigenvalue weighted by molar-refractivity contribution is 7.09. The summed E-state index contributed by atoms with van der Waals surface area (Å²) in [6, 6.07) is 8.06. The number of guanidine groups is 1. The molecule has 0 saturated carbocycles. The van der Waals surface area contributed by atoms with E-state index in [1.54, 1.807) is 18.4 Å². The summed E-state index contributed by atoms with van der Waals surface area (Å²) in [6.45, 7) is 6.10. The molecule has 0 unspecified atom stereocenters. The number of ether oxygens (including phenoxy) is 1. The molecule has 0 aliphatic heterocycles. The van der Waals surface area contributed by atoms with Crippen molar-refractivity contribution in [2.24, 2.45) is 4.99 Å². The SMILES string of the molecule is CN=C(NCCOc1cccc(C)c1)N(C)Cc1csc(C)n1. The van der Waals surface area contributed by atoms with Crippen LogP contribution in [0.3, 0.4) is 0 Å². The van der Waals surface area contributed by atoms with Crippen molar-refractivity contribution in [2.75, 3.05) is 27.2 Å². The maximum absolute atomic E-state index is 5.74. The number of rotatable bonds is 6. The lowest BCUT2D eigenvalue weighted by atomic mass is 10.2. The Morgan fingerprint density at radius 1 is 1.39 bits per heavy atom. The maximum Gasteiger partial charge on any atom is 0.193 e. The molecule has 1 aromatic carbocycles. The number of nitrogens with zero attached hydrogens (tertiary/aromatic N) is 3. The molecule has 0 spiro atoms. The average molecular weight is 332 g/mol. The fraction of sp³-hybridized carbons (Fsp3) is 0.412. The molecule has 0 saturated heterocycles. The highest BCUT2D eigenvalue weighted by atomic mass is 32.1.